The SMILES string of the molecule is CCc1cccc(OC(=S)NC)c1COc1cc(C)c(C)cc1C.CNC(=S)Oc1cccc(Br)c1COc1cc(C)c(C)cc1C.CNC(=S)Oc1cccc(C)c1COc1cc(C)c(C)cc1C.CNC(=S)Oc1cccc(C2CC2)c1COc1cc(C)c(C)cc1C.CNC(=S)Oc1cccc(CO)c1COc1cc(C)c(C)cc1C.CNC(=S)Oc1cccc(I)c1COc1cc(C)c(C)cc1C. The average Bonchev–Trinajstić information content (AvgIpc) is 1.66. The molecule has 0 amide bonds. The summed E-state index contributed by atoms with van der Waals surface area (Å²) < 4.78 is 72.6. The maximum atomic E-state index is 9.61. The Morgan fingerprint density at radius 1 is 0.275 bits per heavy atom. The van der Waals surface area contributed by atoms with Gasteiger partial charge in [-0.05, 0) is 460 Å². The van der Waals surface area contributed by atoms with Crippen LogP contribution in [0.4, 0.5) is 0 Å². The third-order valence-corrected chi connectivity index (χ3v) is 27.6. The smallest absolute Gasteiger partial charge is 0.261 e. The van der Waals surface area contributed by atoms with Gasteiger partial charge in [0.2, 0.25) is 0 Å². The van der Waals surface area contributed by atoms with Gasteiger partial charge in [0.05, 0.1) is 6.61 Å². The fourth-order valence-electron chi connectivity index (χ4n) is 14.7. The fraction of sp³-hybridized carbons (Fsp3) is 0.322. The lowest BCUT2D eigenvalue weighted by molar-refractivity contribution is 0.266. The molecule has 0 atom stereocenters. The molecule has 1 fully saturated rings. The highest BCUT2D eigenvalue weighted by Crippen LogP contribution is 2.45. The molecular formula is C115H136BrIN6O13S6. The van der Waals surface area contributed by atoms with E-state index in [9.17, 15) is 5.11 Å². The molecule has 1 saturated carbocycles. The molecule has 19 nitrogen and oxygen atoms in total. The standard InChI is InChI=1S/C21H25NO2S.C20H25NO2S.C19H23NO3S.C19H23NO2S.C18H20BrNO2S.C18H20INO2S/c1-13-10-15(3)20(11-14(13)2)23-12-18-17(16-8-9-16)6-5-7-19(18)24-21(25)22-4;1-6-16-8-7-9-18(23-20(24)21-5)17(16)12-22-19-11-14(3)13(2)10-15(19)4;1-12-8-14(3)18(9-13(12)2)22-11-16-15(10-21)6-5-7-17(16)23-19(24)20-4;1-12-7-6-8-17(22-19(23)20-5)16(12)11-21-18-10-14(3)13(2)9-15(18)4;2*1-11-8-13(3)17(9-12(11)2)21-10-14-15(19)6-5-7-16(14)22-18(23)20-4/h5-7,10-11,16H,8-9,12H2,1-4H3,(H,22,25);7-11H,6,12H2,1-5H3,(H,21,24);5-9,21H,10-11H2,1-4H3,(H,20,24);6-10H,11H2,1-5H3,(H,20,23);2*5-9H,10H2,1-4H3,(H,20,23). The summed E-state index contributed by atoms with van der Waals surface area (Å²) in [6.45, 7) is 44.1. The second kappa shape index (κ2) is 57.3. The summed E-state index contributed by atoms with van der Waals surface area (Å²) in [5.74, 6) is 10.2. The van der Waals surface area contributed by atoms with Gasteiger partial charge in [-0.1, -0.05) is 120 Å². The van der Waals surface area contributed by atoms with Crippen LogP contribution in [0.3, 0.4) is 0 Å². The minimum atomic E-state index is -0.0892. The molecule has 0 aromatic heterocycles. The Hall–Kier alpha value is -11.3. The van der Waals surface area contributed by atoms with Crippen LogP contribution < -0.4 is 88.7 Å². The van der Waals surface area contributed by atoms with Crippen LogP contribution in [0.2, 0.25) is 0 Å². The Kier molecular flexibility index (Phi) is 46.8. The Labute approximate surface area is 896 Å². The topological polar surface area (TPSA) is 203 Å². The summed E-state index contributed by atoms with van der Waals surface area (Å²) in [6, 6.07) is 60.5. The fourth-order valence-corrected chi connectivity index (χ4v) is 16.3. The van der Waals surface area contributed by atoms with Crippen LogP contribution >= 0.6 is 112 Å². The second-order valence-electron chi connectivity index (χ2n) is 34.7. The van der Waals surface area contributed by atoms with Crippen molar-refractivity contribution < 1.29 is 61.9 Å². The molecule has 0 bridgehead atoms. The zero-order valence-electron chi connectivity index (χ0n) is 86.5. The summed E-state index contributed by atoms with van der Waals surface area (Å²) in [4.78, 5) is 0. The maximum Gasteiger partial charge on any atom is 0.261 e. The summed E-state index contributed by atoms with van der Waals surface area (Å²) in [7, 11) is 10.4. The highest BCUT2D eigenvalue weighted by molar-refractivity contribution is 14.1. The predicted octanol–water partition coefficient (Wildman–Crippen LogP) is 27.1. The van der Waals surface area contributed by atoms with Gasteiger partial charge in [0.25, 0.3) is 31.0 Å². The number of ether oxygens (including phenoxy) is 12. The molecule has 0 aliphatic heterocycles. The van der Waals surface area contributed by atoms with Crippen LogP contribution in [0, 0.1) is 135 Å². The summed E-state index contributed by atoms with van der Waals surface area (Å²) in [5, 5.41) is 28.6. The first kappa shape index (κ1) is 116. The van der Waals surface area contributed by atoms with E-state index in [0.717, 1.165) is 150 Å². The number of hydrogen-bond donors (Lipinski definition) is 7. The number of rotatable bonds is 27. The molecule has 13 rings (SSSR count). The minimum Gasteiger partial charge on any atom is -0.488 e. The molecule has 0 spiro atoms. The molecule has 0 heterocycles. The normalized spacial score (nSPS) is 10.9. The molecule has 0 unspecified atom stereocenters. The van der Waals surface area contributed by atoms with E-state index in [-0.39, 0.29) is 11.8 Å². The third kappa shape index (κ3) is 34.8. The van der Waals surface area contributed by atoms with E-state index in [4.69, 9.17) is 130 Å². The Morgan fingerprint density at radius 3 is 0.817 bits per heavy atom. The molecule has 12 aromatic rings. The van der Waals surface area contributed by atoms with E-state index in [1.807, 2.05) is 117 Å². The van der Waals surface area contributed by atoms with Gasteiger partial charge < -0.3 is 93.8 Å². The molecule has 0 saturated heterocycles. The lowest BCUT2D eigenvalue weighted by Gasteiger charge is -2.17. The minimum absolute atomic E-state index is 0.0892. The molecule has 1 aliphatic rings. The van der Waals surface area contributed by atoms with Crippen LogP contribution in [-0.2, 0) is 52.7 Å². The molecule has 7 N–H and O–H groups in total. The van der Waals surface area contributed by atoms with Gasteiger partial charge in [0.15, 0.2) is 0 Å². The zero-order chi connectivity index (χ0) is 104. The first-order valence-corrected chi connectivity index (χ1v) is 51.2. The van der Waals surface area contributed by atoms with Crippen molar-refractivity contribution in [1.82, 2.24) is 31.9 Å². The van der Waals surface area contributed by atoms with Crippen LogP contribution in [-0.4, -0.2) is 78.4 Å². The van der Waals surface area contributed by atoms with E-state index in [1.54, 1.807) is 42.3 Å². The molecule has 27 heteroatoms. The summed E-state index contributed by atoms with van der Waals surface area (Å²) >= 11 is 36.5. The zero-order valence-corrected chi connectivity index (χ0v) is 95.2. The first-order chi connectivity index (χ1) is 67.7. The van der Waals surface area contributed by atoms with Crippen molar-refractivity contribution in [3.8, 4) is 69.0 Å². The molecule has 754 valence electrons. The lowest BCUT2D eigenvalue weighted by Crippen LogP contribution is -2.22. The molecular weight excluding hydrogens is 2070 g/mol. The first-order valence-electron chi connectivity index (χ1n) is 46.9. The highest BCUT2D eigenvalue weighted by Gasteiger charge is 2.29. The van der Waals surface area contributed by atoms with Crippen molar-refractivity contribution in [3.05, 3.63) is 346 Å². The van der Waals surface area contributed by atoms with Crippen LogP contribution in [0.25, 0.3) is 0 Å². The Balaban J connectivity index is 0.000000209. The molecule has 0 radical (unpaired) electrons. The van der Waals surface area contributed by atoms with Crippen molar-refractivity contribution >= 4 is 143 Å². The largest absolute Gasteiger partial charge is 0.488 e. The number of aliphatic hydroxyl groups excluding tert-OH is 1. The van der Waals surface area contributed by atoms with E-state index in [0.29, 0.717) is 82.9 Å². The maximum absolute atomic E-state index is 9.61. The van der Waals surface area contributed by atoms with E-state index >= 15 is 0 Å². The molecule has 1 aliphatic carbocycles. The quantitative estimate of drug-likeness (QED) is 0.0189. The number of aliphatic hydroxyl groups is 1. The van der Waals surface area contributed by atoms with Crippen LogP contribution in [0.5, 0.6) is 69.0 Å². The van der Waals surface area contributed by atoms with Crippen molar-refractivity contribution in [3.63, 3.8) is 0 Å². The third-order valence-electron chi connectivity index (χ3n) is 24.1. The Morgan fingerprint density at radius 2 is 0.507 bits per heavy atom. The number of halogens is 2. The van der Waals surface area contributed by atoms with Gasteiger partial charge in [-0.3, -0.25) is 0 Å². The highest BCUT2D eigenvalue weighted by atomic mass is 127. The van der Waals surface area contributed by atoms with Crippen molar-refractivity contribution in [2.45, 2.75) is 210 Å². The number of benzene rings is 12. The van der Waals surface area contributed by atoms with Gasteiger partial charge in [0.1, 0.15) is 109 Å². The van der Waals surface area contributed by atoms with Gasteiger partial charge in [-0.2, -0.15) is 0 Å². The molecule has 12 aromatic carbocycles. The number of aryl methyl sites for hydroxylation is 20. The van der Waals surface area contributed by atoms with Gasteiger partial charge >= 0.3 is 0 Å². The Bertz CT molecular complexity index is 6020. The van der Waals surface area contributed by atoms with Crippen LogP contribution in [0.15, 0.2) is 186 Å². The second-order valence-corrected chi connectivity index (χ2v) is 38.9. The lowest BCUT2D eigenvalue weighted by atomic mass is 10.0. The molecule has 142 heavy (non-hydrogen) atoms. The average molecular weight is 2210 g/mol. The number of thiocarbonyl (C=S) groups is 6. The van der Waals surface area contributed by atoms with Gasteiger partial charge in [-0.15, -0.1) is 0 Å². The monoisotopic (exact) mass is 2210 g/mol. The van der Waals surface area contributed by atoms with E-state index in [1.165, 1.54) is 90.7 Å². The van der Waals surface area contributed by atoms with Crippen molar-refractivity contribution in [2.24, 2.45) is 0 Å². The predicted molar refractivity (Wildman–Crippen MR) is 615 cm³/mol. The summed E-state index contributed by atoms with van der Waals surface area (Å²) in [6.07, 6.45) is 3.37. The number of hydrogen-bond acceptors (Lipinski definition) is 19. The summed E-state index contributed by atoms with van der Waals surface area (Å²) in [5.41, 5.74) is 31.9. The van der Waals surface area contributed by atoms with E-state index < -0.39 is 0 Å². The van der Waals surface area contributed by atoms with Crippen molar-refractivity contribution in [2.75, 3.05) is 42.3 Å². The van der Waals surface area contributed by atoms with Crippen LogP contribution in [0.1, 0.15) is 181 Å². The van der Waals surface area contributed by atoms with Crippen molar-refractivity contribution in [1.29, 1.82) is 0 Å². The van der Waals surface area contributed by atoms with E-state index in [2.05, 4.69) is 274 Å². The number of nitrogens with one attached hydrogen (secondary N) is 6. The van der Waals surface area contributed by atoms with Gasteiger partial charge in [0, 0.05) is 83.7 Å². The van der Waals surface area contributed by atoms with Gasteiger partial charge in [-0.25, -0.2) is 0 Å².